The van der Waals surface area contributed by atoms with Crippen molar-refractivity contribution < 1.29 is 19.1 Å². The van der Waals surface area contributed by atoms with Crippen molar-refractivity contribution >= 4 is 29.2 Å². The molecule has 0 aromatic heterocycles. The lowest BCUT2D eigenvalue weighted by Gasteiger charge is -2.25. The molecule has 0 saturated carbocycles. The van der Waals surface area contributed by atoms with E-state index in [0.717, 1.165) is 0 Å². The Kier molecular flexibility index (Phi) is 7.07. The molecule has 0 aliphatic heterocycles. The molecular weight excluding hydrogens is 368 g/mol. The van der Waals surface area contributed by atoms with Gasteiger partial charge in [-0.05, 0) is 19.9 Å². The molecule has 0 fully saturated rings. The monoisotopic (exact) mass is 390 g/mol. The van der Waals surface area contributed by atoms with Crippen LogP contribution in [-0.2, 0) is 9.53 Å². The van der Waals surface area contributed by atoms with E-state index in [1.165, 1.54) is 19.2 Å². The maximum absolute atomic E-state index is 12.9. The number of nitrogen functional groups attached to an aromatic ring is 1. The molecule has 0 radical (unpaired) electrons. The quantitative estimate of drug-likeness (QED) is 0.575. The van der Waals surface area contributed by atoms with Crippen molar-refractivity contribution in [2.45, 2.75) is 20.0 Å². The average Bonchev–Trinajstić information content (AvgIpc) is 2.69. The Labute approximate surface area is 163 Å². The number of rotatable bonds is 7. The van der Waals surface area contributed by atoms with Gasteiger partial charge in [-0.3, -0.25) is 4.79 Å². The Morgan fingerprint density at radius 3 is 2.33 bits per heavy atom. The molecular formula is C20H23ClN2O4. The molecule has 0 aliphatic carbocycles. The van der Waals surface area contributed by atoms with E-state index in [0.29, 0.717) is 18.7 Å². The topological polar surface area (TPSA) is 81.9 Å². The normalized spacial score (nSPS) is 11.6. The standard InChI is InChI=1S/C20H23ClN2O4/c1-4-23(5-2)19(24)18(13-9-7-6-8-10-13)27-20(25)14-11-15(21)16(22)12-17(14)26-3/h6-12,18H,4-5,22H2,1-3H3/t18-/m1/s1. The Morgan fingerprint density at radius 2 is 1.78 bits per heavy atom. The highest BCUT2D eigenvalue weighted by Gasteiger charge is 2.30. The molecule has 2 aromatic carbocycles. The van der Waals surface area contributed by atoms with Crippen molar-refractivity contribution in [1.29, 1.82) is 0 Å². The van der Waals surface area contributed by atoms with Crippen LogP contribution in [0, 0.1) is 0 Å². The zero-order valence-electron chi connectivity index (χ0n) is 15.6. The van der Waals surface area contributed by atoms with Crippen LogP contribution in [0.5, 0.6) is 5.75 Å². The van der Waals surface area contributed by atoms with E-state index in [-0.39, 0.29) is 27.9 Å². The van der Waals surface area contributed by atoms with Crippen LogP contribution in [0.25, 0.3) is 0 Å². The highest BCUT2D eigenvalue weighted by atomic mass is 35.5. The molecule has 144 valence electrons. The van der Waals surface area contributed by atoms with Crippen molar-refractivity contribution in [3.05, 3.63) is 58.6 Å². The van der Waals surface area contributed by atoms with Crippen molar-refractivity contribution in [3.63, 3.8) is 0 Å². The molecule has 0 spiro atoms. The fourth-order valence-electron chi connectivity index (χ4n) is 2.66. The summed E-state index contributed by atoms with van der Waals surface area (Å²) in [5.74, 6) is -0.785. The van der Waals surface area contributed by atoms with Crippen LogP contribution >= 0.6 is 11.6 Å². The minimum Gasteiger partial charge on any atom is -0.496 e. The fourth-order valence-corrected chi connectivity index (χ4v) is 2.82. The van der Waals surface area contributed by atoms with Gasteiger partial charge in [0.2, 0.25) is 6.10 Å². The summed E-state index contributed by atoms with van der Waals surface area (Å²) in [6.45, 7) is 4.75. The Hall–Kier alpha value is -2.73. The molecule has 2 N–H and O–H groups in total. The third kappa shape index (κ3) is 4.71. The summed E-state index contributed by atoms with van der Waals surface area (Å²) in [7, 11) is 1.41. The summed E-state index contributed by atoms with van der Waals surface area (Å²) >= 11 is 6.03. The number of carbonyl (C=O) groups excluding carboxylic acids is 2. The average molecular weight is 391 g/mol. The number of methoxy groups -OCH3 is 1. The van der Waals surface area contributed by atoms with Gasteiger partial charge in [-0.25, -0.2) is 4.79 Å². The minimum atomic E-state index is -1.07. The zero-order chi connectivity index (χ0) is 20.0. The molecule has 6 nitrogen and oxygen atoms in total. The molecule has 1 amide bonds. The number of hydrogen-bond donors (Lipinski definition) is 1. The first kappa shape index (κ1) is 20.6. The van der Waals surface area contributed by atoms with Gasteiger partial charge in [0.1, 0.15) is 11.3 Å². The van der Waals surface area contributed by atoms with Crippen molar-refractivity contribution in [2.75, 3.05) is 25.9 Å². The van der Waals surface area contributed by atoms with Gasteiger partial charge in [-0.2, -0.15) is 0 Å². The minimum absolute atomic E-state index is 0.102. The van der Waals surface area contributed by atoms with Gasteiger partial charge in [0.05, 0.1) is 17.8 Å². The predicted octanol–water partition coefficient (Wildman–Crippen LogP) is 3.70. The van der Waals surface area contributed by atoms with E-state index in [1.807, 2.05) is 19.9 Å². The highest BCUT2D eigenvalue weighted by Crippen LogP contribution is 2.31. The number of likely N-dealkylation sites (N-methyl/N-ethyl adjacent to an activating group) is 1. The fraction of sp³-hybridized carbons (Fsp3) is 0.300. The molecule has 2 aromatic rings. The highest BCUT2D eigenvalue weighted by molar-refractivity contribution is 6.33. The van der Waals surface area contributed by atoms with Gasteiger partial charge in [0, 0.05) is 24.7 Å². The second-order valence-electron chi connectivity index (χ2n) is 5.78. The van der Waals surface area contributed by atoms with Gasteiger partial charge in [-0.1, -0.05) is 41.9 Å². The molecule has 1 atom stereocenters. The number of amides is 1. The Morgan fingerprint density at radius 1 is 1.15 bits per heavy atom. The largest absolute Gasteiger partial charge is 0.496 e. The summed E-state index contributed by atoms with van der Waals surface area (Å²) in [4.78, 5) is 27.3. The summed E-state index contributed by atoms with van der Waals surface area (Å²) in [5, 5.41) is 0.203. The van der Waals surface area contributed by atoms with Gasteiger partial charge < -0.3 is 20.1 Å². The van der Waals surface area contributed by atoms with E-state index in [2.05, 4.69) is 0 Å². The predicted molar refractivity (Wildman–Crippen MR) is 105 cm³/mol. The maximum atomic E-state index is 12.9. The van der Waals surface area contributed by atoms with Crippen LogP contribution in [0.4, 0.5) is 5.69 Å². The number of hydrogen-bond acceptors (Lipinski definition) is 5. The number of benzene rings is 2. The number of carbonyl (C=O) groups is 2. The third-order valence-corrected chi connectivity index (χ3v) is 4.49. The van der Waals surface area contributed by atoms with Crippen molar-refractivity contribution in [3.8, 4) is 5.75 Å². The second kappa shape index (κ2) is 9.28. The number of halogens is 1. The van der Waals surface area contributed by atoms with E-state index >= 15 is 0 Å². The number of anilines is 1. The molecule has 0 saturated heterocycles. The smallest absolute Gasteiger partial charge is 0.343 e. The van der Waals surface area contributed by atoms with Crippen LogP contribution in [0.2, 0.25) is 5.02 Å². The number of ether oxygens (including phenoxy) is 2. The molecule has 0 heterocycles. The summed E-state index contributed by atoms with van der Waals surface area (Å²) < 4.78 is 10.8. The lowest BCUT2D eigenvalue weighted by molar-refractivity contribution is -0.140. The number of esters is 1. The van der Waals surface area contributed by atoms with Gasteiger partial charge in [0.15, 0.2) is 0 Å². The van der Waals surface area contributed by atoms with Gasteiger partial charge in [0.25, 0.3) is 5.91 Å². The number of nitrogens with zero attached hydrogens (tertiary/aromatic N) is 1. The molecule has 0 aliphatic rings. The molecule has 7 heteroatoms. The first-order chi connectivity index (χ1) is 12.9. The van der Waals surface area contributed by atoms with Crippen LogP contribution in [0.1, 0.15) is 35.9 Å². The Balaban J connectivity index is 2.40. The molecule has 0 unspecified atom stereocenters. The molecule has 27 heavy (non-hydrogen) atoms. The van der Waals surface area contributed by atoms with Gasteiger partial charge in [-0.15, -0.1) is 0 Å². The van der Waals surface area contributed by atoms with Gasteiger partial charge >= 0.3 is 5.97 Å². The third-order valence-electron chi connectivity index (χ3n) is 4.17. The maximum Gasteiger partial charge on any atom is 0.343 e. The van der Waals surface area contributed by atoms with Crippen LogP contribution < -0.4 is 10.5 Å². The van der Waals surface area contributed by atoms with E-state index < -0.39 is 12.1 Å². The van der Waals surface area contributed by atoms with E-state index in [4.69, 9.17) is 26.8 Å². The van der Waals surface area contributed by atoms with Crippen LogP contribution in [-0.4, -0.2) is 37.0 Å². The zero-order valence-corrected chi connectivity index (χ0v) is 16.3. The van der Waals surface area contributed by atoms with Crippen LogP contribution in [0.3, 0.4) is 0 Å². The summed E-state index contributed by atoms with van der Waals surface area (Å²) in [6, 6.07) is 11.7. The van der Waals surface area contributed by atoms with Crippen molar-refractivity contribution in [2.24, 2.45) is 0 Å². The molecule has 0 bridgehead atoms. The SMILES string of the molecule is CCN(CC)C(=O)[C@H](OC(=O)c1cc(Cl)c(N)cc1OC)c1ccccc1. The number of nitrogens with two attached hydrogens (primary N) is 1. The summed E-state index contributed by atoms with van der Waals surface area (Å²) in [6.07, 6.45) is -1.07. The van der Waals surface area contributed by atoms with E-state index in [9.17, 15) is 9.59 Å². The second-order valence-corrected chi connectivity index (χ2v) is 6.19. The molecule has 2 rings (SSSR count). The lowest BCUT2D eigenvalue weighted by Crippen LogP contribution is -2.36. The first-order valence-electron chi connectivity index (χ1n) is 8.60. The summed E-state index contributed by atoms with van der Waals surface area (Å²) in [5.41, 5.74) is 6.73. The van der Waals surface area contributed by atoms with Crippen LogP contribution in [0.15, 0.2) is 42.5 Å². The van der Waals surface area contributed by atoms with E-state index in [1.54, 1.807) is 29.2 Å². The lowest BCUT2D eigenvalue weighted by atomic mass is 10.1. The first-order valence-corrected chi connectivity index (χ1v) is 8.98. The Bertz CT molecular complexity index is 807. The van der Waals surface area contributed by atoms with Crippen molar-refractivity contribution in [1.82, 2.24) is 4.90 Å².